The number of aromatic nitrogens is 2. The number of hydrogen-bond donors (Lipinski definition) is 0. The van der Waals surface area contributed by atoms with Gasteiger partial charge in [0.15, 0.2) is 5.82 Å². The quantitative estimate of drug-likeness (QED) is 0.864. The third kappa shape index (κ3) is 2.89. The number of ether oxygens (including phenoxy) is 1. The predicted molar refractivity (Wildman–Crippen MR) is 75.8 cm³/mol. The summed E-state index contributed by atoms with van der Waals surface area (Å²) in [6.45, 7) is 4.71. The highest BCUT2D eigenvalue weighted by molar-refractivity contribution is 5.73. The van der Waals surface area contributed by atoms with Gasteiger partial charge in [0.05, 0.1) is 12.1 Å². The molecule has 6 heteroatoms. The summed E-state index contributed by atoms with van der Waals surface area (Å²) in [5, 5.41) is 3.81. The minimum atomic E-state index is -0.000863. The second kappa shape index (κ2) is 5.55. The second-order valence-electron chi connectivity index (χ2n) is 5.14. The lowest BCUT2D eigenvalue weighted by Gasteiger charge is -2.16. The molecule has 1 aliphatic heterocycles. The van der Waals surface area contributed by atoms with E-state index in [1.54, 1.807) is 18.7 Å². The van der Waals surface area contributed by atoms with Gasteiger partial charge >= 0.3 is 0 Å². The van der Waals surface area contributed by atoms with Crippen molar-refractivity contribution in [3.63, 3.8) is 0 Å². The Morgan fingerprint density at radius 1 is 1.43 bits per heavy atom. The lowest BCUT2D eigenvalue weighted by Crippen LogP contribution is -2.28. The first-order valence-corrected chi connectivity index (χ1v) is 6.95. The van der Waals surface area contributed by atoms with E-state index in [-0.39, 0.29) is 12.0 Å². The summed E-state index contributed by atoms with van der Waals surface area (Å²) >= 11 is 0. The first-order chi connectivity index (χ1) is 10.1. The van der Waals surface area contributed by atoms with Crippen molar-refractivity contribution in [1.29, 1.82) is 0 Å². The largest absolute Gasteiger partial charge is 0.488 e. The highest BCUT2D eigenvalue weighted by Gasteiger charge is 2.26. The van der Waals surface area contributed by atoms with Crippen LogP contribution in [0.4, 0.5) is 0 Å². The number of carbonyl (C=O) groups excluding carboxylic acids is 1. The van der Waals surface area contributed by atoms with E-state index in [1.807, 2.05) is 24.3 Å². The first kappa shape index (κ1) is 13.6. The predicted octanol–water partition coefficient (Wildman–Crippen LogP) is 2.04. The summed E-state index contributed by atoms with van der Waals surface area (Å²) in [6.07, 6.45) is 0.829. The Balaban J connectivity index is 1.79. The molecule has 0 aliphatic carbocycles. The maximum absolute atomic E-state index is 11.4. The molecule has 2 aromatic rings. The van der Waals surface area contributed by atoms with Gasteiger partial charge in [-0.3, -0.25) is 4.79 Å². The van der Waals surface area contributed by atoms with Crippen molar-refractivity contribution in [2.24, 2.45) is 0 Å². The Hall–Kier alpha value is -2.37. The molecule has 0 saturated carbocycles. The van der Waals surface area contributed by atoms with Crippen molar-refractivity contribution in [2.75, 3.05) is 13.1 Å². The van der Waals surface area contributed by atoms with E-state index in [0.29, 0.717) is 24.0 Å². The van der Waals surface area contributed by atoms with Crippen LogP contribution >= 0.6 is 0 Å². The van der Waals surface area contributed by atoms with Crippen LogP contribution in [0.15, 0.2) is 28.8 Å². The molecule has 1 fully saturated rings. The zero-order chi connectivity index (χ0) is 14.8. The average Bonchev–Trinajstić information content (AvgIpc) is 3.09. The first-order valence-electron chi connectivity index (χ1n) is 6.95. The summed E-state index contributed by atoms with van der Waals surface area (Å²) < 4.78 is 11.2. The van der Waals surface area contributed by atoms with Crippen LogP contribution in [0, 0.1) is 6.92 Å². The van der Waals surface area contributed by atoms with Crippen LogP contribution in [0.5, 0.6) is 5.75 Å². The molecule has 110 valence electrons. The van der Waals surface area contributed by atoms with Crippen LogP contribution < -0.4 is 4.74 Å². The number of para-hydroxylation sites is 1. The molecular formula is C15H17N3O3. The van der Waals surface area contributed by atoms with Gasteiger partial charge in [0.25, 0.3) is 5.89 Å². The molecule has 0 bridgehead atoms. The fraction of sp³-hybridized carbons (Fsp3) is 0.400. The van der Waals surface area contributed by atoms with E-state index in [2.05, 4.69) is 10.1 Å². The molecule has 21 heavy (non-hydrogen) atoms. The minimum Gasteiger partial charge on any atom is -0.488 e. The number of amides is 1. The standard InChI is InChI=1S/C15H17N3O3/c1-10-16-15(21-17-10)13-5-3-4-6-14(13)20-12-7-8-18(9-12)11(2)19/h3-6,12H,7-9H2,1-2H3. The van der Waals surface area contributed by atoms with Crippen molar-refractivity contribution in [2.45, 2.75) is 26.4 Å². The van der Waals surface area contributed by atoms with Gasteiger partial charge in [-0.2, -0.15) is 4.98 Å². The van der Waals surface area contributed by atoms with Gasteiger partial charge in [-0.1, -0.05) is 17.3 Å². The average molecular weight is 287 g/mol. The number of likely N-dealkylation sites (tertiary alicyclic amines) is 1. The molecule has 6 nitrogen and oxygen atoms in total. The topological polar surface area (TPSA) is 68.5 Å². The van der Waals surface area contributed by atoms with Crippen LogP contribution in [-0.2, 0) is 4.79 Å². The number of aryl methyl sites for hydroxylation is 1. The molecule has 1 unspecified atom stereocenters. The summed E-state index contributed by atoms with van der Waals surface area (Å²) in [4.78, 5) is 17.4. The Bertz CT molecular complexity index is 653. The number of rotatable bonds is 3. The lowest BCUT2D eigenvalue weighted by atomic mass is 10.2. The summed E-state index contributed by atoms with van der Waals surface area (Å²) in [5.74, 6) is 1.83. The van der Waals surface area contributed by atoms with Crippen molar-refractivity contribution < 1.29 is 14.1 Å². The second-order valence-corrected chi connectivity index (χ2v) is 5.14. The molecule has 1 aromatic carbocycles. The highest BCUT2D eigenvalue weighted by atomic mass is 16.5. The Morgan fingerprint density at radius 3 is 2.90 bits per heavy atom. The van der Waals surface area contributed by atoms with Gasteiger partial charge in [-0.25, -0.2) is 0 Å². The van der Waals surface area contributed by atoms with Crippen LogP contribution in [0.1, 0.15) is 19.2 Å². The van der Waals surface area contributed by atoms with Crippen LogP contribution in [-0.4, -0.2) is 40.1 Å². The van der Waals surface area contributed by atoms with Crippen LogP contribution in [0.25, 0.3) is 11.5 Å². The van der Waals surface area contributed by atoms with E-state index in [4.69, 9.17) is 9.26 Å². The lowest BCUT2D eigenvalue weighted by molar-refractivity contribution is -0.128. The van der Waals surface area contributed by atoms with Crippen molar-refractivity contribution >= 4 is 5.91 Å². The van der Waals surface area contributed by atoms with Crippen LogP contribution in [0.2, 0.25) is 0 Å². The van der Waals surface area contributed by atoms with E-state index in [0.717, 1.165) is 18.5 Å². The smallest absolute Gasteiger partial charge is 0.261 e. The molecule has 1 atom stereocenters. The number of carbonyl (C=O) groups is 1. The SMILES string of the molecule is CC(=O)N1CCC(Oc2ccccc2-c2nc(C)no2)C1. The summed E-state index contributed by atoms with van der Waals surface area (Å²) in [6, 6.07) is 7.57. The van der Waals surface area contributed by atoms with E-state index in [1.165, 1.54) is 0 Å². The van der Waals surface area contributed by atoms with Crippen molar-refractivity contribution in [3.05, 3.63) is 30.1 Å². The molecule has 0 radical (unpaired) electrons. The number of nitrogens with zero attached hydrogens (tertiary/aromatic N) is 3. The fourth-order valence-corrected chi connectivity index (χ4v) is 2.44. The third-order valence-corrected chi connectivity index (χ3v) is 3.53. The molecule has 2 heterocycles. The Kier molecular flexibility index (Phi) is 3.60. The number of hydrogen-bond acceptors (Lipinski definition) is 5. The zero-order valence-electron chi connectivity index (χ0n) is 12.1. The van der Waals surface area contributed by atoms with Gasteiger partial charge in [0, 0.05) is 19.9 Å². The normalized spacial score (nSPS) is 18.0. The van der Waals surface area contributed by atoms with Crippen LogP contribution in [0.3, 0.4) is 0 Å². The van der Waals surface area contributed by atoms with Gasteiger partial charge in [0.2, 0.25) is 5.91 Å². The van der Waals surface area contributed by atoms with E-state index < -0.39 is 0 Å². The summed E-state index contributed by atoms with van der Waals surface area (Å²) in [5.41, 5.74) is 0.777. The maximum Gasteiger partial charge on any atom is 0.261 e. The molecule has 1 saturated heterocycles. The molecule has 1 amide bonds. The van der Waals surface area contributed by atoms with Gasteiger partial charge in [0.1, 0.15) is 11.9 Å². The molecule has 1 aromatic heterocycles. The van der Waals surface area contributed by atoms with Gasteiger partial charge < -0.3 is 14.2 Å². The molecule has 0 spiro atoms. The fourth-order valence-electron chi connectivity index (χ4n) is 2.44. The third-order valence-electron chi connectivity index (χ3n) is 3.53. The maximum atomic E-state index is 11.4. The summed E-state index contributed by atoms with van der Waals surface area (Å²) in [7, 11) is 0. The minimum absolute atomic E-state index is 0.000863. The molecular weight excluding hydrogens is 270 g/mol. The van der Waals surface area contributed by atoms with Crippen molar-refractivity contribution in [1.82, 2.24) is 15.0 Å². The van der Waals surface area contributed by atoms with Gasteiger partial charge in [-0.15, -0.1) is 0 Å². The monoisotopic (exact) mass is 287 g/mol. The van der Waals surface area contributed by atoms with E-state index >= 15 is 0 Å². The number of benzene rings is 1. The van der Waals surface area contributed by atoms with E-state index in [9.17, 15) is 4.79 Å². The molecule has 3 rings (SSSR count). The zero-order valence-corrected chi connectivity index (χ0v) is 12.1. The molecule has 0 N–H and O–H groups in total. The Labute approximate surface area is 122 Å². The molecule has 1 aliphatic rings. The Morgan fingerprint density at radius 2 is 2.24 bits per heavy atom. The van der Waals surface area contributed by atoms with Gasteiger partial charge in [-0.05, 0) is 19.1 Å². The van der Waals surface area contributed by atoms with Crippen molar-refractivity contribution in [3.8, 4) is 17.2 Å². The highest BCUT2D eigenvalue weighted by Crippen LogP contribution is 2.30.